The zero-order valence-corrected chi connectivity index (χ0v) is 16.6. The van der Waals surface area contributed by atoms with Gasteiger partial charge in [0.2, 0.25) is 0 Å². The van der Waals surface area contributed by atoms with Crippen LogP contribution in [-0.2, 0) is 19.6 Å². The van der Waals surface area contributed by atoms with E-state index in [0.717, 1.165) is 25.5 Å². The molecule has 0 atom stereocenters. The van der Waals surface area contributed by atoms with Crippen molar-refractivity contribution in [1.82, 2.24) is 24.6 Å². The summed E-state index contributed by atoms with van der Waals surface area (Å²) < 4.78 is 4.12. The van der Waals surface area contributed by atoms with E-state index in [2.05, 4.69) is 86.8 Å². The van der Waals surface area contributed by atoms with Crippen LogP contribution in [0.5, 0.6) is 0 Å². The van der Waals surface area contributed by atoms with Crippen molar-refractivity contribution in [3.8, 4) is 5.82 Å². The summed E-state index contributed by atoms with van der Waals surface area (Å²) in [6, 6.07) is 25.2. The first-order valence-electron chi connectivity index (χ1n) is 10.1. The van der Waals surface area contributed by atoms with Crippen molar-refractivity contribution < 1.29 is 0 Å². The molecule has 0 aliphatic rings. The molecule has 0 radical (unpaired) electrons. The molecule has 0 saturated carbocycles. The second kappa shape index (κ2) is 8.35. The molecule has 1 N–H and O–H groups in total. The fourth-order valence-electron chi connectivity index (χ4n) is 3.82. The fraction of sp³-hybridized carbons (Fsp3) is 0.120. The van der Waals surface area contributed by atoms with E-state index in [1.807, 2.05) is 24.5 Å². The highest BCUT2D eigenvalue weighted by Crippen LogP contribution is 2.22. The first kappa shape index (κ1) is 18.3. The van der Waals surface area contributed by atoms with Gasteiger partial charge < -0.3 is 9.88 Å². The van der Waals surface area contributed by atoms with Gasteiger partial charge in [0.25, 0.3) is 0 Å². The molecule has 5 nitrogen and oxygen atoms in total. The van der Waals surface area contributed by atoms with Crippen LogP contribution in [0.1, 0.15) is 16.7 Å². The summed E-state index contributed by atoms with van der Waals surface area (Å²) in [5.41, 5.74) is 5.06. The zero-order chi connectivity index (χ0) is 20.2. The van der Waals surface area contributed by atoms with Crippen LogP contribution in [0, 0.1) is 0 Å². The maximum absolute atomic E-state index is 4.40. The number of nitrogens with one attached hydrogen (secondary N) is 1. The number of hydrogen-bond donors (Lipinski definition) is 1. The van der Waals surface area contributed by atoms with E-state index in [4.69, 9.17) is 0 Å². The Morgan fingerprint density at radius 2 is 1.67 bits per heavy atom. The lowest BCUT2D eigenvalue weighted by Crippen LogP contribution is -2.13. The Labute approximate surface area is 175 Å². The molecule has 0 bridgehead atoms. The van der Waals surface area contributed by atoms with Crippen molar-refractivity contribution in [2.45, 2.75) is 19.6 Å². The summed E-state index contributed by atoms with van der Waals surface area (Å²) in [7, 11) is 0. The number of nitrogens with zero attached hydrogens (tertiary/aromatic N) is 4. The number of benzene rings is 2. The SMILES string of the molecule is c1ccc(Cn2cc(CNCc3ccnc(-n4cccn4)c3)c3ccccc32)cc1. The van der Waals surface area contributed by atoms with Crippen LogP contribution in [0.25, 0.3) is 16.7 Å². The number of rotatable bonds is 7. The Bertz CT molecular complexity index is 1240. The van der Waals surface area contributed by atoms with Gasteiger partial charge in [-0.3, -0.25) is 0 Å². The van der Waals surface area contributed by atoms with Gasteiger partial charge in [-0.1, -0.05) is 48.5 Å². The van der Waals surface area contributed by atoms with Crippen molar-refractivity contribution in [1.29, 1.82) is 0 Å². The van der Waals surface area contributed by atoms with E-state index in [-0.39, 0.29) is 0 Å². The molecular formula is C25H23N5. The van der Waals surface area contributed by atoms with Crippen molar-refractivity contribution in [3.05, 3.63) is 114 Å². The maximum atomic E-state index is 4.40. The number of aromatic nitrogens is 4. The van der Waals surface area contributed by atoms with Gasteiger partial charge in [0.05, 0.1) is 0 Å². The lowest BCUT2D eigenvalue weighted by atomic mass is 10.1. The molecule has 30 heavy (non-hydrogen) atoms. The van der Waals surface area contributed by atoms with Gasteiger partial charge in [0.1, 0.15) is 0 Å². The molecule has 3 aromatic heterocycles. The summed E-state index contributed by atoms with van der Waals surface area (Å²) in [5.74, 6) is 0.832. The van der Waals surface area contributed by atoms with Crippen LogP contribution in [0.3, 0.4) is 0 Å². The van der Waals surface area contributed by atoms with Gasteiger partial charge in [-0.25, -0.2) is 9.67 Å². The first-order valence-corrected chi connectivity index (χ1v) is 10.1. The molecule has 5 heteroatoms. The first-order chi connectivity index (χ1) is 14.9. The minimum atomic E-state index is 0.773. The fourth-order valence-corrected chi connectivity index (χ4v) is 3.82. The van der Waals surface area contributed by atoms with Crippen molar-refractivity contribution in [2.24, 2.45) is 0 Å². The third-order valence-corrected chi connectivity index (χ3v) is 5.26. The molecule has 0 saturated heterocycles. The number of para-hydroxylation sites is 1. The van der Waals surface area contributed by atoms with E-state index >= 15 is 0 Å². The summed E-state index contributed by atoms with van der Waals surface area (Å²) >= 11 is 0. The molecular weight excluding hydrogens is 370 g/mol. The highest BCUT2D eigenvalue weighted by molar-refractivity contribution is 5.84. The van der Waals surface area contributed by atoms with Gasteiger partial charge in [-0.05, 0) is 41.0 Å². The van der Waals surface area contributed by atoms with E-state index in [1.165, 1.54) is 27.6 Å². The molecule has 0 fully saturated rings. The predicted molar refractivity (Wildman–Crippen MR) is 119 cm³/mol. The van der Waals surface area contributed by atoms with Crippen molar-refractivity contribution in [3.63, 3.8) is 0 Å². The Morgan fingerprint density at radius 3 is 2.53 bits per heavy atom. The molecule has 0 spiro atoms. The molecule has 5 aromatic rings. The van der Waals surface area contributed by atoms with E-state index < -0.39 is 0 Å². The van der Waals surface area contributed by atoms with Crippen LogP contribution in [0.2, 0.25) is 0 Å². The van der Waals surface area contributed by atoms with E-state index in [1.54, 1.807) is 10.9 Å². The molecule has 3 heterocycles. The number of hydrogen-bond acceptors (Lipinski definition) is 3. The molecule has 148 valence electrons. The van der Waals surface area contributed by atoms with Crippen LogP contribution < -0.4 is 5.32 Å². The minimum Gasteiger partial charge on any atom is -0.343 e. The summed E-state index contributed by atoms with van der Waals surface area (Å²) in [4.78, 5) is 4.40. The topological polar surface area (TPSA) is 47.7 Å². The molecule has 0 amide bonds. The summed E-state index contributed by atoms with van der Waals surface area (Å²) in [5, 5.41) is 9.15. The normalized spacial score (nSPS) is 11.2. The quantitative estimate of drug-likeness (QED) is 0.441. The Hall–Kier alpha value is -3.70. The lowest BCUT2D eigenvalue weighted by Gasteiger charge is -2.06. The van der Waals surface area contributed by atoms with Gasteiger partial charge in [-0.15, -0.1) is 0 Å². The van der Waals surface area contributed by atoms with Crippen molar-refractivity contribution >= 4 is 10.9 Å². The maximum Gasteiger partial charge on any atom is 0.153 e. The third-order valence-electron chi connectivity index (χ3n) is 5.26. The van der Waals surface area contributed by atoms with Crippen molar-refractivity contribution in [2.75, 3.05) is 0 Å². The Kier molecular flexibility index (Phi) is 5.10. The van der Waals surface area contributed by atoms with Gasteiger partial charge in [0, 0.05) is 55.3 Å². The average molecular weight is 393 g/mol. The van der Waals surface area contributed by atoms with Gasteiger partial charge >= 0.3 is 0 Å². The molecule has 0 aliphatic heterocycles. The molecule has 2 aromatic carbocycles. The highest BCUT2D eigenvalue weighted by Gasteiger charge is 2.08. The summed E-state index contributed by atoms with van der Waals surface area (Å²) in [6.07, 6.45) is 7.77. The molecule has 0 unspecified atom stereocenters. The van der Waals surface area contributed by atoms with Crippen LogP contribution in [-0.4, -0.2) is 19.3 Å². The van der Waals surface area contributed by atoms with Crippen LogP contribution >= 0.6 is 0 Å². The Morgan fingerprint density at radius 1 is 0.800 bits per heavy atom. The average Bonchev–Trinajstić information content (AvgIpc) is 3.44. The van der Waals surface area contributed by atoms with Crippen LogP contribution in [0.15, 0.2) is 97.6 Å². The number of fused-ring (bicyclic) bond motifs is 1. The summed E-state index contributed by atoms with van der Waals surface area (Å²) in [6.45, 7) is 2.45. The van der Waals surface area contributed by atoms with Gasteiger partial charge in [0.15, 0.2) is 5.82 Å². The molecule has 5 rings (SSSR count). The number of pyridine rings is 1. The highest BCUT2D eigenvalue weighted by atomic mass is 15.3. The Balaban J connectivity index is 1.32. The third kappa shape index (κ3) is 3.88. The standard InChI is InChI=1S/C25H23N5/c1-2-7-20(8-3-1)18-29-19-22(23-9-4-5-10-24(23)29)17-26-16-21-11-13-27-25(15-21)30-14-6-12-28-30/h1-15,19,26H,16-18H2. The monoisotopic (exact) mass is 393 g/mol. The zero-order valence-electron chi connectivity index (χ0n) is 16.6. The predicted octanol–water partition coefficient (Wildman–Crippen LogP) is 4.56. The van der Waals surface area contributed by atoms with E-state index in [0.29, 0.717) is 0 Å². The van der Waals surface area contributed by atoms with E-state index in [9.17, 15) is 0 Å². The second-order valence-corrected chi connectivity index (χ2v) is 7.36. The van der Waals surface area contributed by atoms with Crippen LogP contribution in [0.4, 0.5) is 0 Å². The minimum absolute atomic E-state index is 0.773. The molecule has 0 aliphatic carbocycles. The largest absolute Gasteiger partial charge is 0.343 e. The smallest absolute Gasteiger partial charge is 0.153 e. The second-order valence-electron chi connectivity index (χ2n) is 7.36. The van der Waals surface area contributed by atoms with Gasteiger partial charge in [-0.2, -0.15) is 5.10 Å². The lowest BCUT2D eigenvalue weighted by molar-refractivity contribution is 0.690.